The van der Waals surface area contributed by atoms with Crippen LogP contribution in [0, 0.1) is 0 Å². The van der Waals surface area contributed by atoms with Gasteiger partial charge in [0.05, 0.1) is 5.52 Å². The molecule has 3 rings (SSSR count). The molecule has 0 spiro atoms. The third kappa shape index (κ3) is 2.89. The van der Waals surface area contributed by atoms with Crippen LogP contribution in [-0.2, 0) is 6.42 Å². The Morgan fingerprint density at radius 2 is 1.95 bits per heavy atom. The molecule has 1 heterocycles. The number of nitrogens with zero attached hydrogens (tertiary/aromatic N) is 1. The minimum atomic E-state index is -0.0179. The SMILES string of the molecule is NC(Cc1cccc(Br)c1)c1ccc2cccnc2c1. The second-order valence-corrected chi connectivity index (χ2v) is 5.81. The Labute approximate surface area is 126 Å². The molecule has 0 aliphatic rings. The lowest BCUT2D eigenvalue weighted by Crippen LogP contribution is -2.13. The molecule has 1 unspecified atom stereocenters. The van der Waals surface area contributed by atoms with E-state index in [2.05, 4.69) is 57.3 Å². The number of hydrogen-bond donors (Lipinski definition) is 1. The van der Waals surface area contributed by atoms with Gasteiger partial charge in [-0.15, -0.1) is 0 Å². The minimum Gasteiger partial charge on any atom is -0.324 e. The van der Waals surface area contributed by atoms with Crippen LogP contribution >= 0.6 is 15.9 Å². The van der Waals surface area contributed by atoms with Crippen LogP contribution < -0.4 is 5.73 Å². The summed E-state index contributed by atoms with van der Waals surface area (Å²) in [5.74, 6) is 0. The predicted molar refractivity (Wildman–Crippen MR) is 86.5 cm³/mol. The highest BCUT2D eigenvalue weighted by molar-refractivity contribution is 9.10. The zero-order valence-electron chi connectivity index (χ0n) is 11.0. The van der Waals surface area contributed by atoms with E-state index in [9.17, 15) is 0 Å². The highest BCUT2D eigenvalue weighted by Gasteiger charge is 2.08. The Hall–Kier alpha value is -1.71. The summed E-state index contributed by atoms with van der Waals surface area (Å²) in [7, 11) is 0. The average Bonchev–Trinajstić information content (AvgIpc) is 2.47. The Bertz CT molecular complexity index is 740. The fourth-order valence-electron chi connectivity index (χ4n) is 2.35. The van der Waals surface area contributed by atoms with Gasteiger partial charge in [-0.2, -0.15) is 0 Å². The van der Waals surface area contributed by atoms with E-state index in [-0.39, 0.29) is 6.04 Å². The zero-order valence-corrected chi connectivity index (χ0v) is 12.5. The lowest BCUT2D eigenvalue weighted by atomic mass is 9.98. The molecule has 2 N–H and O–H groups in total. The van der Waals surface area contributed by atoms with Gasteiger partial charge in [0.15, 0.2) is 0 Å². The summed E-state index contributed by atoms with van der Waals surface area (Å²) in [5, 5.41) is 1.14. The van der Waals surface area contributed by atoms with E-state index in [1.54, 1.807) is 0 Å². The van der Waals surface area contributed by atoms with Crippen LogP contribution in [0.15, 0.2) is 65.3 Å². The molecule has 0 aliphatic heterocycles. The Kier molecular flexibility index (Phi) is 3.81. The second kappa shape index (κ2) is 5.73. The van der Waals surface area contributed by atoms with Gasteiger partial charge in [0.25, 0.3) is 0 Å². The molecule has 0 amide bonds. The molecule has 2 nitrogen and oxygen atoms in total. The van der Waals surface area contributed by atoms with Crippen molar-refractivity contribution < 1.29 is 0 Å². The van der Waals surface area contributed by atoms with Crippen LogP contribution in [-0.4, -0.2) is 4.98 Å². The van der Waals surface area contributed by atoms with Gasteiger partial charge in [-0.1, -0.05) is 46.3 Å². The first-order valence-electron chi connectivity index (χ1n) is 6.57. The van der Waals surface area contributed by atoms with Crippen molar-refractivity contribution >= 4 is 26.8 Å². The van der Waals surface area contributed by atoms with E-state index in [1.165, 1.54) is 5.56 Å². The van der Waals surface area contributed by atoms with Crippen LogP contribution in [0.25, 0.3) is 10.9 Å². The highest BCUT2D eigenvalue weighted by Crippen LogP contribution is 2.21. The van der Waals surface area contributed by atoms with Crippen LogP contribution in [0.2, 0.25) is 0 Å². The van der Waals surface area contributed by atoms with E-state index in [0.717, 1.165) is 27.4 Å². The van der Waals surface area contributed by atoms with Crippen molar-refractivity contribution in [2.75, 3.05) is 0 Å². The summed E-state index contributed by atoms with van der Waals surface area (Å²) in [6.07, 6.45) is 2.63. The van der Waals surface area contributed by atoms with Crippen molar-refractivity contribution in [1.29, 1.82) is 0 Å². The summed E-state index contributed by atoms with van der Waals surface area (Å²) < 4.78 is 1.09. The summed E-state index contributed by atoms with van der Waals surface area (Å²) in [6, 6.07) is 18.5. The predicted octanol–water partition coefficient (Wildman–Crippen LogP) is 4.24. The molecule has 20 heavy (non-hydrogen) atoms. The van der Waals surface area contributed by atoms with Crippen molar-refractivity contribution in [1.82, 2.24) is 4.98 Å². The van der Waals surface area contributed by atoms with Crippen LogP contribution in [0.1, 0.15) is 17.2 Å². The maximum Gasteiger partial charge on any atom is 0.0705 e. The number of rotatable bonds is 3. The number of pyridine rings is 1. The number of hydrogen-bond acceptors (Lipinski definition) is 2. The van der Waals surface area contributed by atoms with E-state index in [4.69, 9.17) is 5.73 Å². The number of benzene rings is 2. The normalized spacial score (nSPS) is 12.5. The zero-order chi connectivity index (χ0) is 13.9. The van der Waals surface area contributed by atoms with E-state index in [0.29, 0.717) is 0 Å². The lowest BCUT2D eigenvalue weighted by Gasteiger charge is -2.13. The fourth-order valence-corrected chi connectivity index (χ4v) is 2.80. The molecule has 3 aromatic rings. The standard InChI is InChI=1S/C17H15BrN2/c18-15-5-1-3-12(9-15)10-16(19)14-7-6-13-4-2-8-20-17(13)11-14/h1-9,11,16H,10,19H2. The van der Waals surface area contributed by atoms with Gasteiger partial charge in [-0.05, 0) is 41.8 Å². The smallest absolute Gasteiger partial charge is 0.0705 e. The third-order valence-electron chi connectivity index (χ3n) is 3.40. The van der Waals surface area contributed by atoms with Crippen molar-refractivity contribution in [2.45, 2.75) is 12.5 Å². The maximum absolute atomic E-state index is 6.33. The van der Waals surface area contributed by atoms with Crippen LogP contribution in [0.5, 0.6) is 0 Å². The van der Waals surface area contributed by atoms with Gasteiger partial charge < -0.3 is 5.73 Å². The van der Waals surface area contributed by atoms with Crippen LogP contribution in [0.4, 0.5) is 0 Å². The Morgan fingerprint density at radius 1 is 1.05 bits per heavy atom. The Balaban J connectivity index is 1.86. The van der Waals surface area contributed by atoms with E-state index < -0.39 is 0 Å². The molecular formula is C17H15BrN2. The monoisotopic (exact) mass is 326 g/mol. The summed E-state index contributed by atoms with van der Waals surface area (Å²) in [5.41, 5.74) is 9.67. The number of halogens is 1. The largest absolute Gasteiger partial charge is 0.324 e. The van der Waals surface area contributed by atoms with Gasteiger partial charge >= 0.3 is 0 Å². The third-order valence-corrected chi connectivity index (χ3v) is 3.90. The molecule has 0 bridgehead atoms. The molecule has 0 aliphatic carbocycles. The van der Waals surface area contributed by atoms with Gasteiger partial charge in [0.1, 0.15) is 0 Å². The van der Waals surface area contributed by atoms with Gasteiger partial charge in [0.2, 0.25) is 0 Å². The fraction of sp³-hybridized carbons (Fsp3) is 0.118. The molecule has 0 radical (unpaired) electrons. The summed E-state index contributed by atoms with van der Waals surface area (Å²) in [4.78, 5) is 4.38. The molecular weight excluding hydrogens is 312 g/mol. The topological polar surface area (TPSA) is 38.9 Å². The Morgan fingerprint density at radius 3 is 2.80 bits per heavy atom. The maximum atomic E-state index is 6.33. The van der Waals surface area contributed by atoms with Crippen molar-refractivity contribution in [3.05, 3.63) is 76.4 Å². The van der Waals surface area contributed by atoms with Gasteiger partial charge in [-0.25, -0.2) is 0 Å². The molecule has 0 saturated heterocycles. The highest BCUT2D eigenvalue weighted by atomic mass is 79.9. The number of fused-ring (bicyclic) bond motifs is 1. The van der Waals surface area contributed by atoms with Gasteiger partial charge in [0, 0.05) is 22.1 Å². The molecule has 0 saturated carbocycles. The van der Waals surface area contributed by atoms with Gasteiger partial charge in [-0.3, -0.25) is 4.98 Å². The van der Waals surface area contributed by atoms with Crippen molar-refractivity contribution in [3.63, 3.8) is 0 Å². The van der Waals surface area contributed by atoms with E-state index >= 15 is 0 Å². The molecule has 1 atom stereocenters. The quantitative estimate of drug-likeness (QED) is 0.781. The van der Waals surface area contributed by atoms with Crippen molar-refractivity contribution in [2.24, 2.45) is 5.73 Å². The number of nitrogens with two attached hydrogens (primary N) is 1. The lowest BCUT2D eigenvalue weighted by molar-refractivity contribution is 0.722. The molecule has 2 aromatic carbocycles. The first-order valence-corrected chi connectivity index (χ1v) is 7.36. The van der Waals surface area contributed by atoms with Crippen molar-refractivity contribution in [3.8, 4) is 0 Å². The number of aromatic nitrogens is 1. The first kappa shape index (κ1) is 13.3. The van der Waals surface area contributed by atoms with E-state index in [1.807, 2.05) is 24.4 Å². The summed E-state index contributed by atoms with van der Waals surface area (Å²) >= 11 is 3.49. The first-order chi connectivity index (χ1) is 9.72. The second-order valence-electron chi connectivity index (χ2n) is 4.90. The molecule has 3 heteroatoms. The summed E-state index contributed by atoms with van der Waals surface area (Å²) in [6.45, 7) is 0. The molecule has 0 fully saturated rings. The molecule has 1 aromatic heterocycles. The molecule has 100 valence electrons. The van der Waals surface area contributed by atoms with Crippen LogP contribution in [0.3, 0.4) is 0 Å². The average molecular weight is 327 g/mol. The minimum absolute atomic E-state index is 0.0179.